The first-order chi connectivity index (χ1) is 14.6. The van der Waals surface area contributed by atoms with Gasteiger partial charge in [-0.25, -0.2) is 4.98 Å². The van der Waals surface area contributed by atoms with Crippen molar-refractivity contribution in [2.24, 2.45) is 0 Å². The SMILES string of the molecule is Cc1nc(CSc2ccccc2C(=O)Nc2ncc(Cc3ccccc3Cl)s2)no1. The Hall–Kier alpha value is -2.68. The van der Waals surface area contributed by atoms with Crippen molar-refractivity contribution >= 4 is 45.7 Å². The second kappa shape index (κ2) is 9.42. The molecule has 0 unspecified atom stereocenters. The summed E-state index contributed by atoms with van der Waals surface area (Å²) < 4.78 is 4.99. The van der Waals surface area contributed by atoms with E-state index in [2.05, 4.69) is 20.4 Å². The maximum Gasteiger partial charge on any atom is 0.258 e. The number of nitrogens with one attached hydrogen (secondary N) is 1. The Morgan fingerprint density at radius 3 is 2.80 bits per heavy atom. The first kappa shape index (κ1) is 20.6. The van der Waals surface area contributed by atoms with E-state index in [9.17, 15) is 4.79 Å². The van der Waals surface area contributed by atoms with Crippen LogP contribution in [0.4, 0.5) is 5.13 Å². The van der Waals surface area contributed by atoms with Gasteiger partial charge in [0.15, 0.2) is 11.0 Å². The topological polar surface area (TPSA) is 80.9 Å². The average Bonchev–Trinajstić information content (AvgIpc) is 3.37. The van der Waals surface area contributed by atoms with Gasteiger partial charge in [-0.1, -0.05) is 47.1 Å². The lowest BCUT2D eigenvalue weighted by Crippen LogP contribution is -2.12. The van der Waals surface area contributed by atoms with Crippen molar-refractivity contribution in [3.05, 3.63) is 87.5 Å². The Balaban J connectivity index is 1.43. The van der Waals surface area contributed by atoms with Crippen LogP contribution in [-0.4, -0.2) is 21.0 Å². The minimum atomic E-state index is -0.207. The Morgan fingerprint density at radius 1 is 1.20 bits per heavy atom. The minimum absolute atomic E-state index is 0.207. The lowest BCUT2D eigenvalue weighted by molar-refractivity contribution is 0.102. The summed E-state index contributed by atoms with van der Waals surface area (Å²) in [6.07, 6.45) is 2.44. The molecule has 0 aliphatic carbocycles. The summed E-state index contributed by atoms with van der Waals surface area (Å²) >= 11 is 9.16. The molecule has 6 nitrogen and oxygen atoms in total. The van der Waals surface area contributed by atoms with E-state index >= 15 is 0 Å². The number of thioether (sulfide) groups is 1. The highest BCUT2D eigenvalue weighted by atomic mass is 35.5. The van der Waals surface area contributed by atoms with Gasteiger partial charge in [0.1, 0.15) is 0 Å². The number of carbonyl (C=O) groups is 1. The first-order valence-corrected chi connectivity index (χ1v) is 11.3. The highest BCUT2D eigenvalue weighted by molar-refractivity contribution is 7.98. The van der Waals surface area contributed by atoms with E-state index in [0.717, 1.165) is 20.4 Å². The first-order valence-electron chi connectivity index (χ1n) is 9.09. The van der Waals surface area contributed by atoms with E-state index in [1.807, 2.05) is 42.5 Å². The van der Waals surface area contributed by atoms with Gasteiger partial charge in [0.05, 0.1) is 11.3 Å². The maximum absolute atomic E-state index is 12.8. The molecule has 2 heterocycles. The summed E-state index contributed by atoms with van der Waals surface area (Å²) in [6, 6.07) is 15.1. The van der Waals surface area contributed by atoms with Crippen molar-refractivity contribution in [3.63, 3.8) is 0 Å². The Bertz CT molecular complexity index is 1180. The number of aryl methyl sites for hydroxylation is 1. The van der Waals surface area contributed by atoms with Gasteiger partial charge in [-0.05, 0) is 23.8 Å². The molecule has 1 N–H and O–H groups in total. The Kier molecular flexibility index (Phi) is 6.47. The predicted molar refractivity (Wildman–Crippen MR) is 119 cm³/mol. The zero-order chi connectivity index (χ0) is 20.9. The number of thiazole rings is 1. The second-order valence-corrected chi connectivity index (χ2v) is 8.91. The number of amides is 1. The van der Waals surface area contributed by atoms with Crippen LogP contribution in [-0.2, 0) is 12.2 Å². The highest BCUT2D eigenvalue weighted by Gasteiger charge is 2.15. The van der Waals surface area contributed by atoms with Gasteiger partial charge < -0.3 is 4.52 Å². The Labute approximate surface area is 186 Å². The lowest BCUT2D eigenvalue weighted by atomic mass is 10.1. The molecular weight excluding hydrogens is 440 g/mol. The van der Waals surface area contributed by atoms with E-state index < -0.39 is 0 Å². The number of rotatable bonds is 7. The third-order valence-electron chi connectivity index (χ3n) is 4.15. The van der Waals surface area contributed by atoms with E-state index in [1.165, 1.54) is 23.1 Å². The van der Waals surface area contributed by atoms with Gasteiger partial charge in [-0.2, -0.15) is 4.98 Å². The van der Waals surface area contributed by atoms with E-state index in [0.29, 0.717) is 34.6 Å². The maximum atomic E-state index is 12.8. The van der Waals surface area contributed by atoms with Gasteiger partial charge >= 0.3 is 0 Å². The normalized spacial score (nSPS) is 10.9. The summed E-state index contributed by atoms with van der Waals surface area (Å²) in [6.45, 7) is 1.75. The number of hydrogen-bond donors (Lipinski definition) is 1. The molecule has 0 spiro atoms. The van der Waals surface area contributed by atoms with Crippen LogP contribution >= 0.6 is 34.7 Å². The van der Waals surface area contributed by atoms with Gasteiger partial charge in [-0.3, -0.25) is 10.1 Å². The molecule has 0 saturated carbocycles. The molecular formula is C21H17ClN4O2S2. The molecule has 30 heavy (non-hydrogen) atoms. The van der Waals surface area contributed by atoms with Crippen LogP contribution in [0.5, 0.6) is 0 Å². The van der Waals surface area contributed by atoms with Crippen LogP contribution in [0.25, 0.3) is 0 Å². The number of anilines is 1. The molecule has 4 rings (SSSR count). The highest BCUT2D eigenvalue weighted by Crippen LogP contribution is 2.28. The quantitative estimate of drug-likeness (QED) is 0.363. The van der Waals surface area contributed by atoms with Gasteiger partial charge in [0, 0.05) is 34.3 Å². The number of benzene rings is 2. The third-order valence-corrected chi connectivity index (χ3v) is 6.51. The standard InChI is InChI=1S/C21H17ClN4O2S2/c1-13-24-19(26-28-13)12-29-18-9-5-3-7-16(18)20(27)25-21-23-11-15(30-21)10-14-6-2-4-8-17(14)22/h2-9,11H,10,12H2,1H3,(H,23,25,27). The van der Waals surface area contributed by atoms with Gasteiger partial charge in [-0.15, -0.1) is 23.1 Å². The van der Waals surface area contributed by atoms with Crippen LogP contribution < -0.4 is 5.32 Å². The Morgan fingerprint density at radius 2 is 2.00 bits per heavy atom. The number of carbonyl (C=O) groups excluding carboxylic acids is 1. The number of halogens is 1. The smallest absolute Gasteiger partial charge is 0.258 e. The van der Waals surface area contributed by atoms with Crippen LogP contribution in [0.15, 0.2) is 64.1 Å². The summed E-state index contributed by atoms with van der Waals surface area (Å²) in [7, 11) is 0. The second-order valence-electron chi connectivity index (χ2n) is 6.37. The summed E-state index contributed by atoms with van der Waals surface area (Å²) in [4.78, 5) is 23.2. The number of nitrogens with zero attached hydrogens (tertiary/aromatic N) is 3. The van der Waals surface area contributed by atoms with Crippen molar-refractivity contribution in [1.82, 2.24) is 15.1 Å². The summed E-state index contributed by atoms with van der Waals surface area (Å²) in [5, 5.41) is 8.06. The van der Waals surface area contributed by atoms with Crippen LogP contribution in [0.3, 0.4) is 0 Å². The summed E-state index contributed by atoms with van der Waals surface area (Å²) in [5.74, 6) is 1.42. The van der Waals surface area contributed by atoms with Crippen molar-refractivity contribution in [2.45, 2.75) is 24.0 Å². The third kappa shape index (κ3) is 5.08. The average molecular weight is 457 g/mol. The summed E-state index contributed by atoms with van der Waals surface area (Å²) in [5.41, 5.74) is 1.60. The fraction of sp³-hybridized carbons (Fsp3) is 0.143. The molecule has 9 heteroatoms. The molecule has 0 saturated heterocycles. The van der Waals surface area contributed by atoms with Crippen molar-refractivity contribution in [3.8, 4) is 0 Å². The largest absolute Gasteiger partial charge is 0.340 e. The van der Waals surface area contributed by atoms with Crippen molar-refractivity contribution < 1.29 is 9.32 Å². The molecule has 1 amide bonds. The number of hydrogen-bond acceptors (Lipinski definition) is 7. The van der Waals surface area contributed by atoms with Crippen LogP contribution in [0, 0.1) is 6.92 Å². The molecule has 4 aromatic rings. The molecule has 0 aliphatic heterocycles. The van der Waals surface area contributed by atoms with Gasteiger partial charge in [0.2, 0.25) is 5.89 Å². The van der Waals surface area contributed by atoms with E-state index in [-0.39, 0.29) is 5.91 Å². The molecule has 0 radical (unpaired) electrons. The molecule has 0 aliphatic rings. The molecule has 152 valence electrons. The van der Waals surface area contributed by atoms with Crippen LogP contribution in [0.2, 0.25) is 5.02 Å². The molecule has 2 aromatic carbocycles. The fourth-order valence-electron chi connectivity index (χ4n) is 2.76. The zero-order valence-electron chi connectivity index (χ0n) is 16.0. The predicted octanol–water partition coefficient (Wildman–Crippen LogP) is 5.62. The molecule has 0 atom stereocenters. The monoisotopic (exact) mass is 456 g/mol. The molecule has 2 aromatic heterocycles. The fourth-order valence-corrected chi connectivity index (χ4v) is 4.69. The number of aromatic nitrogens is 3. The van der Waals surface area contributed by atoms with Crippen molar-refractivity contribution in [2.75, 3.05) is 5.32 Å². The van der Waals surface area contributed by atoms with E-state index in [1.54, 1.807) is 19.2 Å². The lowest BCUT2D eigenvalue weighted by Gasteiger charge is -2.07. The van der Waals surface area contributed by atoms with Crippen LogP contribution in [0.1, 0.15) is 32.5 Å². The van der Waals surface area contributed by atoms with Gasteiger partial charge in [0.25, 0.3) is 5.91 Å². The zero-order valence-corrected chi connectivity index (χ0v) is 18.4. The molecule has 0 fully saturated rings. The molecule has 0 bridgehead atoms. The van der Waals surface area contributed by atoms with Crippen molar-refractivity contribution in [1.29, 1.82) is 0 Å². The van der Waals surface area contributed by atoms with E-state index in [4.69, 9.17) is 16.1 Å². The minimum Gasteiger partial charge on any atom is -0.340 e.